The highest BCUT2D eigenvalue weighted by atomic mass is 35.5. The van der Waals surface area contributed by atoms with Crippen LogP contribution in [0.5, 0.6) is 0 Å². The van der Waals surface area contributed by atoms with Crippen LogP contribution in [0, 0.1) is 5.92 Å². The van der Waals surface area contributed by atoms with Crippen molar-refractivity contribution in [3.63, 3.8) is 0 Å². The number of halogens is 1. The second-order valence-electron chi connectivity index (χ2n) is 8.07. The largest absolute Gasteiger partial charge is 0.376 e. The van der Waals surface area contributed by atoms with Gasteiger partial charge in [0.2, 0.25) is 15.9 Å². The lowest BCUT2D eigenvalue weighted by Gasteiger charge is -2.34. The van der Waals surface area contributed by atoms with E-state index in [1.165, 1.54) is 16.4 Å². The number of nitrogens with zero attached hydrogens (tertiary/aromatic N) is 2. The summed E-state index contributed by atoms with van der Waals surface area (Å²) >= 11 is 7.53. The van der Waals surface area contributed by atoms with E-state index in [9.17, 15) is 13.2 Å². The molecular weight excluding hydrogens is 456 g/mol. The number of thiophene rings is 1. The minimum absolute atomic E-state index is 0.0919. The van der Waals surface area contributed by atoms with E-state index < -0.39 is 10.0 Å². The lowest BCUT2D eigenvalue weighted by Crippen LogP contribution is -2.45. The Bertz CT molecular complexity index is 965. The first-order valence-electron chi connectivity index (χ1n) is 10.6. The monoisotopic (exact) mass is 482 g/mol. The third-order valence-corrected chi connectivity index (χ3v) is 8.97. The normalized spacial score (nSPS) is 20.7. The number of sulfonamides is 1. The van der Waals surface area contributed by atoms with Crippen LogP contribution in [0.2, 0.25) is 5.02 Å². The summed E-state index contributed by atoms with van der Waals surface area (Å²) in [5.74, 6) is -0.0644. The van der Waals surface area contributed by atoms with E-state index in [1.807, 2.05) is 22.4 Å². The first-order chi connectivity index (χ1) is 14.9. The van der Waals surface area contributed by atoms with Gasteiger partial charge in [0.1, 0.15) is 0 Å². The maximum Gasteiger partial charge on any atom is 0.243 e. The molecule has 3 heterocycles. The van der Waals surface area contributed by atoms with Gasteiger partial charge in [-0.1, -0.05) is 17.7 Å². The van der Waals surface area contributed by atoms with Crippen molar-refractivity contribution >= 4 is 38.9 Å². The molecule has 0 radical (unpaired) electrons. The van der Waals surface area contributed by atoms with Gasteiger partial charge in [0.15, 0.2) is 0 Å². The van der Waals surface area contributed by atoms with E-state index in [2.05, 4.69) is 0 Å². The lowest BCUT2D eigenvalue weighted by atomic mass is 9.96. The van der Waals surface area contributed by atoms with Crippen LogP contribution < -0.4 is 0 Å². The summed E-state index contributed by atoms with van der Waals surface area (Å²) in [5, 5.41) is 2.52. The molecule has 2 fully saturated rings. The number of hydrogen-bond donors (Lipinski definition) is 0. The summed E-state index contributed by atoms with van der Waals surface area (Å²) in [7, 11) is -3.58. The zero-order valence-electron chi connectivity index (χ0n) is 17.3. The van der Waals surface area contributed by atoms with Gasteiger partial charge in [-0.25, -0.2) is 8.42 Å². The fourth-order valence-electron chi connectivity index (χ4n) is 4.21. The third kappa shape index (κ3) is 5.49. The van der Waals surface area contributed by atoms with Crippen molar-refractivity contribution in [2.24, 2.45) is 5.92 Å². The Hall–Kier alpha value is -1.45. The number of rotatable bonds is 7. The van der Waals surface area contributed by atoms with Gasteiger partial charge in [0, 0.05) is 42.1 Å². The predicted molar refractivity (Wildman–Crippen MR) is 122 cm³/mol. The Morgan fingerprint density at radius 2 is 1.90 bits per heavy atom. The summed E-state index contributed by atoms with van der Waals surface area (Å²) in [5.41, 5.74) is 0. The first kappa shape index (κ1) is 22.7. The summed E-state index contributed by atoms with van der Waals surface area (Å²) in [4.78, 5) is 16.7. The van der Waals surface area contributed by atoms with Gasteiger partial charge in [0.25, 0.3) is 0 Å². The van der Waals surface area contributed by atoms with Gasteiger partial charge in [-0.15, -0.1) is 11.3 Å². The molecule has 1 aromatic carbocycles. The fourth-order valence-corrected chi connectivity index (χ4v) is 6.53. The summed E-state index contributed by atoms with van der Waals surface area (Å²) in [6.07, 6.45) is 3.16. The summed E-state index contributed by atoms with van der Waals surface area (Å²) < 4.78 is 33.1. The summed E-state index contributed by atoms with van der Waals surface area (Å²) in [6.45, 7) is 2.62. The average molecular weight is 483 g/mol. The second kappa shape index (κ2) is 10.0. The van der Waals surface area contributed by atoms with Crippen molar-refractivity contribution in [3.05, 3.63) is 51.7 Å². The molecule has 0 bridgehead atoms. The molecule has 1 amide bonds. The Morgan fingerprint density at radius 3 is 2.52 bits per heavy atom. The summed E-state index contributed by atoms with van der Waals surface area (Å²) in [6, 6.07) is 10.3. The minimum atomic E-state index is -3.58. The van der Waals surface area contributed by atoms with Gasteiger partial charge in [-0.3, -0.25) is 4.79 Å². The van der Waals surface area contributed by atoms with Gasteiger partial charge >= 0.3 is 0 Å². The van der Waals surface area contributed by atoms with Gasteiger partial charge < -0.3 is 9.64 Å². The molecule has 168 valence electrons. The highest BCUT2D eigenvalue weighted by Crippen LogP contribution is 2.27. The van der Waals surface area contributed by atoms with Crippen molar-refractivity contribution in [1.29, 1.82) is 0 Å². The van der Waals surface area contributed by atoms with Gasteiger partial charge in [-0.2, -0.15) is 4.31 Å². The molecule has 4 rings (SSSR count). The molecule has 0 spiro atoms. The van der Waals surface area contributed by atoms with E-state index >= 15 is 0 Å². The molecular formula is C22H27ClN2O4S2. The average Bonchev–Trinajstić information content (AvgIpc) is 3.48. The van der Waals surface area contributed by atoms with Crippen LogP contribution in [0.15, 0.2) is 46.7 Å². The zero-order valence-corrected chi connectivity index (χ0v) is 19.7. The number of benzene rings is 1. The molecule has 0 saturated carbocycles. The molecule has 9 heteroatoms. The van der Waals surface area contributed by atoms with Crippen LogP contribution in [0.1, 0.15) is 30.6 Å². The first-order valence-corrected chi connectivity index (χ1v) is 13.3. The number of hydrogen-bond acceptors (Lipinski definition) is 5. The van der Waals surface area contributed by atoms with E-state index in [0.29, 0.717) is 44.0 Å². The third-order valence-electron chi connectivity index (χ3n) is 5.94. The fraction of sp³-hybridized carbons (Fsp3) is 0.500. The maximum absolute atomic E-state index is 13.4. The van der Waals surface area contributed by atoms with Crippen LogP contribution in [0.3, 0.4) is 0 Å². The quantitative estimate of drug-likeness (QED) is 0.598. The number of carbonyl (C=O) groups is 1. The van der Waals surface area contributed by atoms with E-state index in [1.54, 1.807) is 23.5 Å². The van der Waals surface area contributed by atoms with Gasteiger partial charge in [0.05, 0.1) is 17.5 Å². The van der Waals surface area contributed by atoms with Crippen LogP contribution >= 0.6 is 22.9 Å². The molecule has 6 nitrogen and oxygen atoms in total. The second-order valence-corrected chi connectivity index (χ2v) is 11.5. The highest BCUT2D eigenvalue weighted by Gasteiger charge is 2.35. The Balaban J connectivity index is 1.40. The van der Waals surface area contributed by atoms with Gasteiger partial charge in [-0.05, 0) is 61.4 Å². The standard InChI is InChI=1S/C22H27ClN2O4S2/c23-18-5-7-21(8-6-18)31(27,28)25-11-9-17(10-12-25)22(26)24(15-19-3-1-13-29-19)16-20-4-2-14-30-20/h2,4-8,14,17,19H,1,3,9-13,15-16H2. The molecule has 1 unspecified atom stereocenters. The van der Waals surface area contributed by atoms with E-state index in [0.717, 1.165) is 24.3 Å². The molecule has 31 heavy (non-hydrogen) atoms. The smallest absolute Gasteiger partial charge is 0.243 e. The predicted octanol–water partition coefficient (Wildman–Crippen LogP) is 4.01. The van der Waals surface area contributed by atoms with Crippen molar-refractivity contribution < 1.29 is 17.9 Å². The van der Waals surface area contributed by atoms with E-state index in [4.69, 9.17) is 16.3 Å². The number of ether oxygens (including phenoxy) is 1. The number of amides is 1. The lowest BCUT2D eigenvalue weighted by molar-refractivity contribution is -0.139. The minimum Gasteiger partial charge on any atom is -0.376 e. The molecule has 0 N–H and O–H groups in total. The van der Waals surface area contributed by atoms with Crippen LogP contribution in [-0.2, 0) is 26.1 Å². The molecule has 2 aliphatic rings. The van der Waals surface area contributed by atoms with Crippen LogP contribution in [-0.4, -0.2) is 55.9 Å². The Kier molecular flexibility index (Phi) is 7.33. The molecule has 2 saturated heterocycles. The maximum atomic E-state index is 13.4. The van der Waals surface area contributed by atoms with E-state index in [-0.39, 0.29) is 22.8 Å². The molecule has 1 aromatic heterocycles. The molecule has 2 aliphatic heterocycles. The molecule has 2 aromatic rings. The molecule has 1 atom stereocenters. The topological polar surface area (TPSA) is 66.9 Å². The SMILES string of the molecule is O=C(C1CCN(S(=O)(=O)c2ccc(Cl)cc2)CC1)N(Cc1cccs1)CC1CCCO1. The van der Waals surface area contributed by atoms with Crippen LogP contribution in [0.4, 0.5) is 0 Å². The van der Waals surface area contributed by atoms with Crippen molar-refractivity contribution in [2.75, 3.05) is 26.2 Å². The highest BCUT2D eigenvalue weighted by molar-refractivity contribution is 7.89. The zero-order chi connectivity index (χ0) is 21.8. The van der Waals surface area contributed by atoms with Crippen molar-refractivity contribution in [2.45, 2.75) is 43.2 Å². The van der Waals surface area contributed by atoms with Crippen molar-refractivity contribution in [1.82, 2.24) is 9.21 Å². The number of carbonyl (C=O) groups excluding carboxylic acids is 1. The Labute approximate surface area is 192 Å². The Morgan fingerprint density at radius 1 is 1.16 bits per heavy atom. The molecule has 0 aliphatic carbocycles. The van der Waals surface area contributed by atoms with Crippen LogP contribution in [0.25, 0.3) is 0 Å². The number of piperidine rings is 1. The van der Waals surface area contributed by atoms with Crippen molar-refractivity contribution in [3.8, 4) is 0 Å².